The van der Waals surface area contributed by atoms with Crippen molar-refractivity contribution in [2.75, 3.05) is 26.2 Å². The minimum atomic E-state index is -0.797. The van der Waals surface area contributed by atoms with Crippen LogP contribution in [0.3, 0.4) is 0 Å². The summed E-state index contributed by atoms with van der Waals surface area (Å²) in [7, 11) is 2.56. The number of nitro benzene ring substituents is 1. The lowest BCUT2D eigenvalue weighted by molar-refractivity contribution is -0.385. The molecule has 0 saturated heterocycles. The summed E-state index contributed by atoms with van der Waals surface area (Å²) in [5.74, 6) is -0.305. The molecule has 7 nitrogen and oxygen atoms in total. The Morgan fingerprint density at radius 2 is 1.95 bits per heavy atom. The Kier molecular flexibility index (Phi) is 7.65. The quantitative estimate of drug-likeness (QED) is 0.216. The Morgan fingerprint density at radius 1 is 1.23 bits per heavy atom. The molecule has 1 aromatic rings. The number of nitro groups is 1. The Balaban J connectivity index is 2.99. The predicted octanol–water partition coefficient (Wildman–Crippen LogP) is 3.33. The number of nitrogens with zero attached hydrogens (tertiary/aromatic N) is 1. The number of carbonyl (C=O) groups excluding carboxylic acids is 1. The highest BCUT2D eigenvalue weighted by Gasteiger charge is 2.25. The van der Waals surface area contributed by atoms with Crippen LogP contribution < -0.4 is 9.47 Å². The van der Waals surface area contributed by atoms with E-state index < -0.39 is 10.9 Å². The van der Waals surface area contributed by atoms with Gasteiger partial charge in [0.2, 0.25) is 0 Å². The van der Waals surface area contributed by atoms with Gasteiger partial charge in [-0.1, -0.05) is 15.9 Å². The lowest BCUT2D eigenvalue weighted by Gasteiger charge is -2.12. The third kappa shape index (κ3) is 4.87. The Labute approximate surface area is 136 Å². The summed E-state index contributed by atoms with van der Waals surface area (Å²) >= 11 is 3.34. The van der Waals surface area contributed by atoms with E-state index >= 15 is 0 Å². The van der Waals surface area contributed by atoms with Crippen molar-refractivity contribution in [3.8, 4) is 11.5 Å². The maximum atomic E-state index is 11.6. The van der Waals surface area contributed by atoms with Crippen molar-refractivity contribution >= 4 is 27.6 Å². The number of unbranched alkanes of at least 4 members (excludes halogenated alkanes) is 2. The molecule has 0 amide bonds. The van der Waals surface area contributed by atoms with E-state index in [1.807, 2.05) is 0 Å². The zero-order chi connectivity index (χ0) is 16.5. The Morgan fingerprint density at radius 3 is 2.50 bits per heavy atom. The summed E-state index contributed by atoms with van der Waals surface area (Å²) in [6.45, 7) is 0.415. The maximum absolute atomic E-state index is 11.6. The summed E-state index contributed by atoms with van der Waals surface area (Å²) in [5, 5.41) is 12.0. The maximum Gasteiger partial charge on any atom is 0.345 e. The molecule has 0 fully saturated rings. The molecule has 0 saturated carbocycles. The number of carbonyl (C=O) groups is 1. The van der Waals surface area contributed by atoms with E-state index in [9.17, 15) is 14.9 Å². The van der Waals surface area contributed by atoms with Gasteiger partial charge < -0.3 is 14.2 Å². The van der Waals surface area contributed by atoms with Crippen molar-refractivity contribution in [2.45, 2.75) is 19.3 Å². The molecule has 0 aliphatic heterocycles. The fourth-order valence-electron chi connectivity index (χ4n) is 1.80. The first kappa shape index (κ1) is 18.2. The highest BCUT2D eigenvalue weighted by atomic mass is 79.9. The SMILES string of the molecule is COC(=O)c1cc(OC)c(OCCCCCBr)cc1[N+](=O)[O-]. The van der Waals surface area contributed by atoms with E-state index in [0.717, 1.165) is 31.7 Å². The third-order valence-corrected chi connectivity index (χ3v) is 3.48. The van der Waals surface area contributed by atoms with Gasteiger partial charge in [-0.15, -0.1) is 0 Å². The Bertz CT molecular complexity index is 534. The predicted molar refractivity (Wildman–Crippen MR) is 84.1 cm³/mol. The van der Waals surface area contributed by atoms with Crippen molar-refractivity contribution in [3.63, 3.8) is 0 Å². The summed E-state index contributed by atoms with van der Waals surface area (Å²) in [6.07, 6.45) is 2.83. The number of hydrogen-bond donors (Lipinski definition) is 0. The molecule has 1 rings (SSSR count). The standard InChI is InChI=1S/C14H18BrNO6/c1-20-12-8-10(14(17)21-2)11(16(18)19)9-13(12)22-7-5-3-4-6-15/h8-9H,3-7H2,1-2H3. The van der Waals surface area contributed by atoms with E-state index in [1.165, 1.54) is 19.2 Å². The monoisotopic (exact) mass is 375 g/mol. The second-order valence-electron chi connectivity index (χ2n) is 4.37. The Hall–Kier alpha value is -1.83. The summed E-state index contributed by atoms with van der Waals surface area (Å²) in [4.78, 5) is 22.1. The molecule has 0 atom stereocenters. The van der Waals surface area contributed by atoms with E-state index in [2.05, 4.69) is 20.7 Å². The fourth-order valence-corrected chi connectivity index (χ4v) is 2.20. The van der Waals surface area contributed by atoms with Crippen LogP contribution in [0.2, 0.25) is 0 Å². The van der Waals surface area contributed by atoms with Crippen molar-refractivity contribution < 1.29 is 23.9 Å². The molecular weight excluding hydrogens is 358 g/mol. The lowest BCUT2D eigenvalue weighted by Crippen LogP contribution is -2.08. The van der Waals surface area contributed by atoms with Crippen LogP contribution in [0, 0.1) is 10.1 Å². The van der Waals surface area contributed by atoms with Crippen molar-refractivity contribution in [1.82, 2.24) is 0 Å². The van der Waals surface area contributed by atoms with Gasteiger partial charge in [0.15, 0.2) is 11.5 Å². The van der Waals surface area contributed by atoms with Crippen molar-refractivity contribution in [1.29, 1.82) is 0 Å². The molecule has 0 N–H and O–H groups in total. The molecule has 1 aromatic carbocycles. The molecule has 0 radical (unpaired) electrons. The van der Waals surface area contributed by atoms with Crippen LogP contribution in [0.5, 0.6) is 11.5 Å². The first-order valence-corrected chi connectivity index (χ1v) is 7.80. The van der Waals surface area contributed by atoms with Crippen LogP contribution in [0.25, 0.3) is 0 Å². The van der Waals surface area contributed by atoms with Gasteiger partial charge in [0.1, 0.15) is 5.56 Å². The highest BCUT2D eigenvalue weighted by Crippen LogP contribution is 2.35. The molecule has 122 valence electrons. The average molecular weight is 376 g/mol. The number of ether oxygens (including phenoxy) is 3. The minimum Gasteiger partial charge on any atom is -0.493 e. The number of hydrogen-bond acceptors (Lipinski definition) is 6. The second-order valence-corrected chi connectivity index (χ2v) is 5.16. The van der Waals surface area contributed by atoms with Gasteiger partial charge in [0, 0.05) is 11.4 Å². The zero-order valence-electron chi connectivity index (χ0n) is 12.5. The number of halogens is 1. The largest absolute Gasteiger partial charge is 0.493 e. The van der Waals surface area contributed by atoms with E-state index in [-0.39, 0.29) is 22.7 Å². The van der Waals surface area contributed by atoms with Gasteiger partial charge in [-0.2, -0.15) is 0 Å². The fraction of sp³-hybridized carbons (Fsp3) is 0.500. The number of rotatable bonds is 9. The molecule has 0 aromatic heterocycles. The van der Waals surface area contributed by atoms with Crippen LogP contribution >= 0.6 is 15.9 Å². The smallest absolute Gasteiger partial charge is 0.345 e. The molecular formula is C14H18BrNO6. The first-order chi connectivity index (χ1) is 10.5. The number of esters is 1. The summed E-state index contributed by atoms with van der Waals surface area (Å²) in [6, 6.07) is 2.45. The number of benzene rings is 1. The third-order valence-electron chi connectivity index (χ3n) is 2.92. The van der Waals surface area contributed by atoms with Gasteiger partial charge in [-0.3, -0.25) is 10.1 Å². The van der Waals surface area contributed by atoms with Gasteiger partial charge in [-0.25, -0.2) is 4.79 Å². The molecule has 22 heavy (non-hydrogen) atoms. The average Bonchev–Trinajstić information content (AvgIpc) is 2.53. The van der Waals surface area contributed by atoms with E-state index in [0.29, 0.717) is 6.61 Å². The number of methoxy groups -OCH3 is 2. The van der Waals surface area contributed by atoms with Gasteiger partial charge in [0.25, 0.3) is 5.69 Å². The summed E-state index contributed by atoms with van der Waals surface area (Å²) < 4.78 is 15.2. The molecule has 0 unspecified atom stereocenters. The van der Waals surface area contributed by atoms with Crippen LogP contribution in [0.4, 0.5) is 5.69 Å². The van der Waals surface area contributed by atoms with Crippen LogP contribution in [0.1, 0.15) is 29.6 Å². The zero-order valence-corrected chi connectivity index (χ0v) is 14.1. The molecule has 0 spiro atoms. The number of alkyl halides is 1. The van der Waals surface area contributed by atoms with Crippen LogP contribution in [-0.4, -0.2) is 37.0 Å². The molecule has 0 bridgehead atoms. The topological polar surface area (TPSA) is 87.9 Å². The van der Waals surface area contributed by atoms with Gasteiger partial charge >= 0.3 is 5.97 Å². The molecule has 8 heteroatoms. The normalized spacial score (nSPS) is 10.1. The molecule has 0 heterocycles. The highest BCUT2D eigenvalue weighted by molar-refractivity contribution is 9.09. The molecule has 0 aliphatic rings. The second kappa shape index (κ2) is 9.24. The van der Waals surface area contributed by atoms with Crippen LogP contribution in [-0.2, 0) is 4.74 Å². The van der Waals surface area contributed by atoms with E-state index in [1.54, 1.807) is 0 Å². The van der Waals surface area contributed by atoms with Crippen molar-refractivity contribution in [2.24, 2.45) is 0 Å². The first-order valence-electron chi connectivity index (χ1n) is 6.68. The molecule has 0 aliphatic carbocycles. The van der Waals surface area contributed by atoms with Gasteiger partial charge in [-0.05, 0) is 19.3 Å². The van der Waals surface area contributed by atoms with Crippen LogP contribution in [0.15, 0.2) is 12.1 Å². The summed E-state index contributed by atoms with van der Waals surface area (Å²) in [5.41, 5.74) is -0.543. The van der Waals surface area contributed by atoms with Gasteiger partial charge in [0.05, 0.1) is 31.8 Å². The lowest BCUT2D eigenvalue weighted by atomic mass is 10.1. The minimum absolute atomic E-state index is 0.170. The van der Waals surface area contributed by atoms with Crippen molar-refractivity contribution in [3.05, 3.63) is 27.8 Å². The van der Waals surface area contributed by atoms with E-state index in [4.69, 9.17) is 9.47 Å².